The van der Waals surface area contributed by atoms with Gasteiger partial charge in [0.2, 0.25) is 0 Å². The van der Waals surface area contributed by atoms with E-state index >= 15 is 0 Å². The fourth-order valence-corrected chi connectivity index (χ4v) is 2.04. The first-order valence-corrected chi connectivity index (χ1v) is 6.96. The maximum absolute atomic E-state index is 13.5. The second-order valence-electron chi connectivity index (χ2n) is 4.85. The summed E-state index contributed by atoms with van der Waals surface area (Å²) >= 11 is 0. The van der Waals surface area contributed by atoms with Crippen molar-refractivity contribution in [3.05, 3.63) is 65.2 Å². The van der Waals surface area contributed by atoms with Crippen molar-refractivity contribution in [3.63, 3.8) is 0 Å². The quantitative estimate of drug-likeness (QED) is 0.859. The van der Waals surface area contributed by atoms with Gasteiger partial charge < -0.3 is 5.32 Å². The summed E-state index contributed by atoms with van der Waals surface area (Å²) in [5.41, 5.74) is 1.13. The lowest BCUT2D eigenvalue weighted by atomic mass is 10.1. The SMILES string of the molecule is CCCCc1ccc(NC(=O)c2c(F)cccc2F)cc1. The molecule has 1 N–H and O–H groups in total. The molecule has 0 unspecified atom stereocenters. The first-order chi connectivity index (χ1) is 10.1. The van der Waals surface area contributed by atoms with E-state index in [9.17, 15) is 13.6 Å². The molecule has 21 heavy (non-hydrogen) atoms. The van der Waals surface area contributed by atoms with Crippen LogP contribution in [0.4, 0.5) is 14.5 Å². The van der Waals surface area contributed by atoms with Crippen molar-refractivity contribution in [2.45, 2.75) is 26.2 Å². The summed E-state index contributed by atoms with van der Waals surface area (Å²) in [6.07, 6.45) is 3.20. The van der Waals surface area contributed by atoms with E-state index in [1.54, 1.807) is 12.1 Å². The Morgan fingerprint density at radius 1 is 1.05 bits per heavy atom. The van der Waals surface area contributed by atoms with E-state index in [2.05, 4.69) is 12.2 Å². The summed E-state index contributed by atoms with van der Waals surface area (Å²) in [5, 5.41) is 2.50. The van der Waals surface area contributed by atoms with Crippen LogP contribution in [0.1, 0.15) is 35.7 Å². The average Bonchev–Trinajstić information content (AvgIpc) is 2.46. The van der Waals surface area contributed by atoms with Crippen LogP contribution in [0.2, 0.25) is 0 Å². The molecule has 0 aromatic heterocycles. The Labute approximate surface area is 122 Å². The van der Waals surface area contributed by atoms with Gasteiger partial charge in [-0.15, -0.1) is 0 Å². The highest BCUT2D eigenvalue weighted by Crippen LogP contribution is 2.16. The van der Waals surface area contributed by atoms with Gasteiger partial charge in [-0.1, -0.05) is 31.5 Å². The smallest absolute Gasteiger partial charge is 0.261 e. The lowest BCUT2D eigenvalue weighted by molar-refractivity contribution is 0.101. The summed E-state index contributed by atoms with van der Waals surface area (Å²) < 4.78 is 27.0. The number of rotatable bonds is 5. The molecule has 0 aliphatic heterocycles. The van der Waals surface area contributed by atoms with Crippen LogP contribution in [0.3, 0.4) is 0 Å². The molecule has 0 aliphatic carbocycles. The number of hydrogen-bond acceptors (Lipinski definition) is 1. The molecule has 1 amide bonds. The van der Waals surface area contributed by atoms with Gasteiger partial charge in [-0.3, -0.25) is 4.79 Å². The van der Waals surface area contributed by atoms with E-state index in [0.717, 1.165) is 31.4 Å². The van der Waals surface area contributed by atoms with Gasteiger partial charge in [0.05, 0.1) is 0 Å². The second kappa shape index (κ2) is 6.97. The van der Waals surface area contributed by atoms with E-state index in [0.29, 0.717) is 5.69 Å². The molecule has 0 spiro atoms. The maximum atomic E-state index is 13.5. The van der Waals surface area contributed by atoms with Gasteiger partial charge in [-0.25, -0.2) is 8.78 Å². The van der Waals surface area contributed by atoms with Crippen molar-refractivity contribution in [1.82, 2.24) is 0 Å². The third kappa shape index (κ3) is 3.88. The molecule has 0 saturated heterocycles. The lowest BCUT2D eigenvalue weighted by Gasteiger charge is -2.08. The van der Waals surface area contributed by atoms with Gasteiger partial charge in [-0.05, 0) is 42.7 Å². The standard InChI is InChI=1S/C17H17F2NO/c1-2-3-5-12-8-10-13(11-9-12)20-17(21)16-14(18)6-4-7-15(16)19/h4,6-11H,2-3,5H2,1H3,(H,20,21). The molecule has 2 rings (SSSR count). The van der Waals surface area contributed by atoms with Crippen LogP contribution >= 0.6 is 0 Å². The zero-order valence-corrected chi connectivity index (χ0v) is 11.8. The number of aryl methyl sites for hydroxylation is 1. The molecule has 2 nitrogen and oxygen atoms in total. The minimum atomic E-state index is -0.868. The molecule has 0 saturated carbocycles. The van der Waals surface area contributed by atoms with Gasteiger partial charge in [-0.2, -0.15) is 0 Å². The Morgan fingerprint density at radius 2 is 1.67 bits per heavy atom. The topological polar surface area (TPSA) is 29.1 Å². The Morgan fingerprint density at radius 3 is 2.24 bits per heavy atom. The van der Waals surface area contributed by atoms with Crippen LogP contribution in [0.25, 0.3) is 0 Å². The summed E-state index contributed by atoms with van der Waals surface area (Å²) in [6.45, 7) is 2.12. The molecule has 0 aliphatic rings. The Hall–Kier alpha value is -2.23. The van der Waals surface area contributed by atoms with Gasteiger partial charge >= 0.3 is 0 Å². The average molecular weight is 289 g/mol. The zero-order chi connectivity index (χ0) is 15.2. The van der Waals surface area contributed by atoms with Gasteiger partial charge in [0.25, 0.3) is 5.91 Å². The first kappa shape index (κ1) is 15.2. The molecule has 0 heterocycles. The van der Waals surface area contributed by atoms with Crippen LogP contribution in [-0.2, 0) is 6.42 Å². The third-order valence-electron chi connectivity index (χ3n) is 3.22. The molecule has 0 fully saturated rings. The number of carbonyl (C=O) groups excluding carboxylic acids is 1. The summed E-state index contributed by atoms with van der Waals surface area (Å²) in [7, 11) is 0. The number of hydrogen-bond donors (Lipinski definition) is 1. The van der Waals surface area contributed by atoms with Crippen molar-refractivity contribution < 1.29 is 13.6 Å². The lowest BCUT2D eigenvalue weighted by Crippen LogP contribution is -2.15. The summed E-state index contributed by atoms with van der Waals surface area (Å²) in [4.78, 5) is 11.9. The predicted molar refractivity (Wildman–Crippen MR) is 79.4 cm³/mol. The van der Waals surface area contributed by atoms with Gasteiger partial charge in [0, 0.05) is 5.69 Å². The highest BCUT2D eigenvalue weighted by Gasteiger charge is 2.16. The molecular formula is C17H17F2NO. The molecule has 0 radical (unpaired) electrons. The summed E-state index contributed by atoms with van der Waals surface area (Å²) in [6, 6.07) is 10.6. The fourth-order valence-electron chi connectivity index (χ4n) is 2.04. The Balaban J connectivity index is 2.09. The highest BCUT2D eigenvalue weighted by molar-refractivity contribution is 6.04. The number of benzene rings is 2. The molecule has 0 bridgehead atoms. The van der Waals surface area contributed by atoms with Crippen molar-refractivity contribution in [1.29, 1.82) is 0 Å². The number of halogens is 2. The Kier molecular flexibility index (Phi) is 5.04. The van der Waals surface area contributed by atoms with E-state index < -0.39 is 23.1 Å². The minimum Gasteiger partial charge on any atom is -0.322 e. The van der Waals surface area contributed by atoms with Crippen molar-refractivity contribution >= 4 is 11.6 Å². The number of anilines is 1. The van der Waals surface area contributed by atoms with Crippen molar-refractivity contribution in [3.8, 4) is 0 Å². The predicted octanol–water partition coefficient (Wildman–Crippen LogP) is 4.56. The van der Waals surface area contributed by atoms with Crippen LogP contribution in [-0.4, -0.2) is 5.91 Å². The third-order valence-corrected chi connectivity index (χ3v) is 3.22. The van der Waals surface area contributed by atoms with Crippen LogP contribution in [0.15, 0.2) is 42.5 Å². The van der Waals surface area contributed by atoms with Gasteiger partial charge in [0.1, 0.15) is 17.2 Å². The second-order valence-corrected chi connectivity index (χ2v) is 4.85. The first-order valence-electron chi connectivity index (χ1n) is 6.96. The largest absolute Gasteiger partial charge is 0.322 e. The highest BCUT2D eigenvalue weighted by atomic mass is 19.1. The minimum absolute atomic E-state index is 0.517. The molecule has 2 aromatic carbocycles. The Bertz CT molecular complexity index is 603. The monoisotopic (exact) mass is 289 g/mol. The number of nitrogens with one attached hydrogen (secondary N) is 1. The molecular weight excluding hydrogens is 272 g/mol. The van der Waals surface area contributed by atoms with Crippen LogP contribution < -0.4 is 5.32 Å². The molecule has 2 aromatic rings. The van der Waals surface area contributed by atoms with Crippen molar-refractivity contribution in [2.75, 3.05) is 5.32 Å². The number of carbonyl (C=O) groups is 1. The fraction of sp³-hybridized carbons (Fsp3) is 0.235. The molecule has 0 atom stereocenters. The molecule has 4 heteroatoms. The number of unbranched alkanes of at least 4 members (excludes halogenated alkanes) is 1. The van der Waals surface area contributed by atoms with E-state index in [-0.39, 0.29) is 0 Å². The summed E-state index contributed by atoms with van der Waals surface area (Å²) in [5.74, 6) is -2.52. The van der Waals surface area contributed by atoms with E-state index in [1.807, 2.05) is 12.1 Å². The zero-order valence-electron chi connectivity index (χ0n) is 11.8. The van der Waals surface area contributed by atoms with Crippen LogP contribution in [0.5, 0.6) is 0 Å². The number of amides is 1. The van der Waals surface area contributed by atoms with Gasteiger partial charge in [0.15, 0.2) is 0 Å². The van der Waals surface area contributed by atoms with E-state index in [4.69, 9.17) is 0 Å². The van der Waals surface area contributed by atoms with Crippen molar-refractivity contribution in [2.24, 2.45) is 0 Å². The normalized spacial score (nSPS) is 10.4. The van der Waals surface area contributed by atoms with Crippen LogP contribution in [0, 0.1) is 11.6 Å². The maximum Gasteiger partial charge on any atom is 0.261 e. The molecule has 110 valence electrons. The van der Waals surface area contributed by atoms with E-state index in [1.165, 1.54) is 11.6 Å².